The van der Waals surface area contributed by atoms with Crippen LogP contribution in [-0.4, -0.2) is 44.7 Å². The number of amides is 2. The van der Waals surface area contributed by atoms with E-state index in [2.05, 4.69) is 5.32 Å². The van der Waals surface area contributed by atoms with Gasteiger partial charge in [-0.15, -0.1) is 12.4 Å². The highest BCUT2D eigenvalue weighted by Crippen LogP contribution is 2.35. The maximum absolute atomic E-state index is 12.3. The van der Waals surface area contributed by atoms with Gasteiger partial charge < -0.3 is 25.4 Å². The van der Waals surface area contributed by atoms with Crippen molar-refractivity contribution in [2.24, 2.45) is 11.7 Å². The summed E-state index contributed by atoms with van der Waals surface area (Å²) < 4.78 is 10.5. The predicted molar refractivity (Wildman–Crippen MR) is 98.5 cm³/mol. The van der Waals surface area contributed by atoms with E-state index in [1.807, 2.05) is 13.8 Å². The van der Waals surface area contributed by atoms with Crippen molar-refractivity contribution in [1.29, 1.82) is 0 Å². The number of methoxy groups -OCH3 is 2. The maximum Gasteiger partial charge on any atom is 0.227 e. The Morgan fingerprint density at radius 1 is 1.36 bits per heavy atom. The zero-order valence-electron chi connectivity index (χ0n) is 15.0. The normalized spacial score (nSPS) is 17.1. The Morgan fingerprint density at radius 2 is 2.04 bits per heavy atom. The van der Waals surface area contributed by atoms with E-state index in [0.29, 0.717) is 30.3 Å². The number of ether oxygens (including phenoxy) is 2. The summed E-state index contributed by atoms with van der Waals surface area (Å²) in [5, 5.41) is 2.81. The van der Waals surface area contributed by atoms with Crippen molar-refractivity contribution >= 4 is 29.9 Å². The summed E-state index contributed by atoms with van der Waals surface area (Å²) in [6, 6.07) is 5.24. The average Bonchev–Trinajstić information content (AvgIpc) is 2.93. The lowest BCUT2D eigenvalue weighted by Crippen LogP contribution is -2.46. The van der Waals surface area contributed by atoms with Gasteiger partial charge in [0, 0.05) is 31.1 Å². The molecule has 0 aliphatic carbocycles. The summed E-state index contributed by atoms with van der Waals surface area (Å²) in [7, 11) is 3.10. The lowest BCUT2D eigenvalue weighted by molar-refractivity contribution is -0.126. The molecule has 8 heteroatoms. The number of rotatable bonds is 6. The van der Waals surface area contributed by atoms with E-state index < -0.39 is 11.5 Å². The average molecular weight is 372 g/mol. The lowest BCUT2D eigenvalue weighted by Gasteiger charge is -2.21. The maximum atomic E-state index is 12.3. The number of carbonyl (C=O) groups is 2. The van der Waals surface area contributed by atoms with Gasteiger partial charge >= 0.3 is 0 Å². The molecule has 1 saturated heterocycles. The molecule has 0 spiro atoms. The molecule has 2 rings (SSSR count). The van der Waals surface area contributed by atoms with Gasteiger partial charge in [-0.3, -0.25) is 9.59 Å². The smallest absolute Gasteiger partial charge is 0.227 e. The standard InChI is InChI=1S/C17H25N3O4.ClH/c1-17(2,18)10-19-16(22)11-7-15(21)20(9-11)13-6-5-12(23-3)8-14(13)24-4;/h5-6,8,11H,7,9-10,18H2,1-4H3,(H,19,22);1H. The van der Waals surface area contributed by atoms with Crippen molar-refractivity contribution in [3.05, 3.63) is 18.2 Å². The van der Waals surface area contributed by atoms with Crippen LogP contribution >= 0.6 is 12.4 Å². The fourth-order valence-corrected chi connectivity index (χ4v) is 2.58. The number of nitrogens with two attached hydrogens (primary N) is 1. The van der Waals surface area contributed by atoms with Crippen LogP contribution < -0.4 is 25.4 Å². The van der Waals surface area contributed by atoms with Crippen LogP contribution in [0.2, 0.25) is 0 Å². The molecule has 1 heterocycles. The highest BCUT2D eigenvalue weighted by Gasteiger charge is 2.36. The molecule has 140 valence electrons. The third-order valence-corrected chi connectivity index (χ3v) is 3.89. The van der Waals surface area contributed by atoms with Gasteiger partial charge in [0.1, 0.15) is 11.5 Å². The van der Waals surface area contributed by atoms with Crippen LogP contribution in [0.5, 0.6) is 11.5 Å². The molecule has 1 unspecified atom stereocenters. The quantitative estimate of drug-likeness (QED) is 0.786. The van der Waals surface area contributed by atoms with Crippen molar-refractivity contribution in [3.63, 3.8) is 0 Å². The van der Waals surface area contributed by atoms with Gasteiger partial charge in [0.05, 0.1) is 25.8 Å². The summed E-state index contributed by atoms with van der Waals surface area (Å²) >= 11 is 0. The zero-order valence-corrected chi connectivity index (χ0v) is 15.8. The van der Waals surface area contributed by atoms with E-state index in [1.54, 1.807) is 30.2 Å². The summed E-state index contributed by atoms with van der Waals surface area (Å²) in [5.41, 5.74) is 6.02. The molecule has 0 aromatic heterocycles. The van der Waals surface area contributed by atoms with Crippen LogP contribution in [0.4, 0.5) is 5.69 Å². The number of benzene rings is 1. The second-order valence-electron chi connectivity index (χ2n) is 6.65. The molecule has 1 aromatic rings. The Bertz CT molecular complexity index is 631. The number of hydrogen-bond donors (Lipinski definition) is 2. The van der Waals surface area contributed by atoms with Crippen molar-refractivity contribution in [3.8, 4) is 11.5 Å². The minimum absolute atomic E-state index is 0. The van der Waals surface area contributed by atoms with E-state index >= 15 is 0 Å². The molecule has 25 heavy (non-hydrogen) atoms. The van der Waals surface area contributed by atoms with Gasteiger partial charge in [-0.2, -0.15) is 0 Å². The third-order valence-electron chi connectivity index (χ3n) is 3.89. The topological polar surface area (TPSA) is 93.9 Å². The summed E-state index contributed by atoms with van der Waals surface area (Å²) in [4.78, 5) is 26.2. The molecule has 0 saturated carbocycles. The molecular formula is C17H26ClN3O4. The molecule has 3 N–H and O–H groups in total. The van der Waals surface area contributed by atoms with Crippen LogP contribution in [-0.2, 0) is 9.59 Å². The largest absolute Gasteiger partial charge is 0.497 e. The van der Waals surface area contributed by atoms with Crippen LogP contribution in [0.1, 0.15) is 20.3 Å². The van der Waals surface area contributed by atoms with Gasteiger partial charge in [0.15, 0.2) is 0 Å². The minimum Gasteiger partial charge on any atom is -0.497 e. The second kappa shape index (κ2) is 8.40. The number of halogens is 1. The Balaban J connectivity index is 0.00000312. The van der Waals surface area contributed by atoms with E-state index in [-0.39, 0.29) is 30.6 Å². The number of nitrogens with one attached hydrogen (secondary N) is 1. The molecule has 1 aromatic carbocycles. The minimum atomic E-state index is -0.489. The lowest BCUT2D eigenvalue weighted by atomic mass is 10.1. The monoisotopic (exact) mass is 371 g/mol. The van der Waals surface area contributed by atoms with Gasteiger partial charge in [-0.25, -0.2) is 0 Å². The van der Waals surface area contributed by atoms with Gasteiger partial charge in [0.25, 0.3) is 0 Å². The number of nitrogens with zero attached hydrogens (tertiary/aromatic N) is 1. The van der Waals surface area contributed by atoms with E-state index in [0.717, 1.165) is 0 Å². The van der Waals surface area contributed by atoms with Gasteiger partial charge in [-0.1, -0.05) is 0 Å². The van der Waals surface area contributed by atoms with Crippen LogP contribution in [0.3, 0.4) is 0 Å². The van der Waals surface area contributed by atoms with Crippen molar-refractivity contribution in [1.82, 2.24) is 5.32 Å². The molecule has 2 amide bonds. The highest BCUT2D eigenvalue weighted by molar-refractivity contribution is 6.01. The van der Waals surface area contributed by atoms with Crippen LogP contribution in [0.15, 0.2) is 18.2 Å². The zero-order chi connectivity index (χ0) is 17.9. The fourth-order valence-electron chi connectivity index (χ4n) is 2.58. The summed E-state index contributed by atoms with van der Waals surface area (Å²) in [6.07, 6.45) is 0.173. The van der Waals surface area contributed by atoms with Crippen LogP contribution in [0, 0.1) is 5.92 Å². The fraction of sp³-hybridized carbons (Fsp3) is 0.529. The molecular weight excluding hydrogens is 346 g/mol. The Hall–Kier alpha value is -1.99. The first-order chi connectivity index (χ1) is 11.2. The highest BCUT2D eigenvalue weighted by atomic mass is 35.5. The Labute approximate surface area is 154 Å². The molecule has 0 radical (unpaired) electrons. The van der Waals surface area contributed by atoms with Crippen molar-refractivity contribution in [2.45, 2.75) is 25.8 Å². The van der Waals surface area contributed by atoms with Gasteiger partial charge in [-0.05, 0) is 26.0 Å². The summed E-state index contributed by atoms with van der Waals surface area (Å²) in [6.45, 7) is 4.35. The first-order valence-corrected chi connectivity index (χ1v) is 7.84. The van der Waals surface area contributed by atoms with E-state index in [1.165, 1.54) is 7.11 Å². The van der Waals surface area contributed by atoms with E-state index in [4.69, 9.17) is 15.2 Å². The van der Waals surface area contributed by atoms with Gasteiger partial charge in [0.2, 0.25) is 11.8 Å². The molecule has 1 aliphatic heterocycles. The molecule has 1 fully saturated rings. The van der Waals surface area contributed by atoms with Crippen LogP contribution in [0.25, 0.3) is 0 Å². The number of anilines is 1. The third kappa shape index (κ3) is 5.24. The second-order valence-corrected chi connectivity index (χ2v) is 6.65. The Morgan fingerprint density at radius 3 is 2.60 bits per heavy atom. The van der Waals surface area contributed by atoms with Crippen molar-refractivity contribution < 1.29 is 19.1 Å². The molecule has 7 nitrogen and oxygen atoms in total. The van der Waals surface area contributed by atoms with E-state index in [9.17, 15) is 9.59 Å². The predicted octanol–water partition coefficient (Wildman–Crippen LogP) is 1.33. The van der Waals surface area contributed by atoms with Crippen molar-refractivity contribution in [2.75, 3.05) is 32.2 Å². The SMILES string of the molecule is COc1ccc(N2CC(C(=O)NCC(C)(C)N)CC2=O)c(OC)c1.Cl. The molecule has 1 aliphatic rings. The first-order valence-electron chi connectivity index (χ1n) is 7.84. The molecule has 0 bridgehead atoms. The first kappa shape index (κ1) is 21.1. The number of hydrogen-bond acceptors (Lipinski definition) is 5. The Kier molecular flexibility index (Phi) is 7.07. The summed E-state index contributed by atoms with van der Waals surface area (Å²) in [5.74, 6) is 0.516. The number of carbonyl (C=O) groups excluding carboxylic acids is 2. The molecule has 1 atom stereocenters.